The minimum absolute atomic E-state index is 0.100. The summed E-state index contributed by atoms with van der Waals surface area (Å²) in [6.07, 6.45) is 1.24. The van der Waals surface area contributed by atoms with E-state index < -0.39 is 16.1 Å². The first kappa shape index (κ1) is 12.7. The van der Waals surface area contributed by atoms with Gasteiger partial charge in [0.25, 0.3) is 0 Å². The van der Waals surface area contributed by atoms with E-state index in [1.54, 1.807) is 13.8 Å². The minimum atomic E-state index is -3.65. The van der Waals surface area contributed by atoms with E-state index >= 15 is 0 Å². The largest absolute Gasteiger partial charge is 0.386 e. The third-order valence-corrected chi connectivity index (χ3v) is 4.48. The van der Waals surface area contributed by atoms with Crippen LogP contribution in [0.4, 0.5) is 0 Å². The highest BCUT2D eigenvalue weighted by molar-refractivity contribution is 7.89. The SMILES string of the molecule is Cc1[nH]ncc1S(=O)(=O)N(C)C(C)C(=N)N. The fourth-order valence-corrected chi connectivity index (χ4v) is 2.62. The number of sulfonamides is 1. The standard InChI is InChI=1S/C8H15N5O2S/c1-5-7(4-11-12-5)16(14,15)13(3)6(2)8(9)10/h4,6H,1-3H3,(H3,9,10)(H,11,12). The Labute approximate surface area is 94.2 Å². The number of hydrogen-bond donors (Lipinski definition) is 3. The summed E-state index contributed by atoms with van der Waals surface area (Å²) in [5, 5.41) is 13.5. The van der Waals surface area contributed by atoms with Crippen LogP contribution in [-0.4, -0.2) is 41.8 Å². The van der Waals surface area contributed by atoms with Crippen LogP contribution in [0.25, 0.3) is 0 Å². The second-order valence-corrected chi connectivity index (χ2v) is 5.48. The molecule has 0 aliphatic carbocycles. The van der Waals surface area contributed by atoms with E-state index in [0.717, 1.165) is 4.31 Å². The van der Waals surface area contributed by atoms with E-state index in [4.69, 9.17) is 11.1 Å². The molecule has 16 heavy (non-hydrogen) atoms. The average molecular weight is 245 g/mol. The van der Waals surface area contributed by atoms with E-state index in [2.05, 4.69) is 10.2 Å². The number of amidine groups is 1. The molecule has 0 spiro atoms. The first-order valence-corrected chi connectivity index (χ1v) is 6.04. The molecule has 0 saturated carbocycles. The Morgan fingerprint density at radius 1 is 1.69 bits per heavy atom. The molecule has 0 saturated heterocycles. The summed E-state index contributed by atoms with van der Waals surface area (Å²) in [4.78, 5) is 0.100. The van der Waals surface area contributed by atoms with Crippen LogP contribution in [0.1, 0.15) is 12.6 Å². The van der Waals surface area contributed by atoms with Crippen molar-refractivity contribution in [2.45, 2.75) is 24.8 Å². The fraction of sp³-hybridized carbons (Fsp3) is 0.500. The first-order chi connectivity index (χ1) is 7.28. The van der Waals surface area contributed by atoms with Crippen molar-refractivity contribution < 1.29 is 8.42 Å². The minimum Gasteiger partial charge on any atom is -0.386 e. The molecular weight excluding hydrogens is 230 g/mol. The van der Waals surface area contributed by atoms with Crippen LogP contribution in [0.5, 0.6) is 0 Å². The lowest BCUT2D eigenvalue weighted by atomic mass is 10.3. The number of aromatic nitrogens is 2. The Morgan fingerprint density at radius 3 is 2.62 bits per heavy atom. The first-order valence-electron chi connectivity index (χ1n) is 4.60. The molecule has 1 aromatic rings. The third-order valence-electron chi connectivity index (χ3n) is 2.44. The highest BCUT2D eigenvalue weighted by atomic mass is 32.2. The third kappa shape index (κ3) is 2.07. The van der Waals surface area contributed by atoms with Crippen molar-refractivity contribution in [3.05, 3.63) is 11.9 Å². The van der Waals surface area contributed by atoms with Gasteiger partial charge in [-0.2, -0.15) is 9.40 Å². The molecule has 7 nitrogen and oxygen atoms in total. The van der Waals surface area contributed by atoms with Gasteiger partial charge >= 0.3 is 0 Å². The molecule has 0 aromatic carbocycles. The average Bonchev–Trinajstić information content (AvgIpc) is 2.62. The molecule has 1 atom stereocenters. The van der Waals surface area contributed by atoms with Crippen LogP contribution in [0.15, 0.2) is 11.1 Å². The predicted octanol–water partition coefficient (Wildman–Crippen LogP) is -0.337. The van der Waals surface area contributed by atoms with Gasteiger partial charge in [-0.15, -0.1) is 0 Å². The van der Waals surface area contributed by atoms with Crippen molar-refractivity contribution in [2.24, 2.45) is 5.73 Å². The van der Waals surface area contributed by atoms with Crippen molar-refractivity contribution in [3.8, 4) is 0 Å². The van der Waals surface area contributed by atoms with Gasteiger partial charge in [-0.25, -0.2) is 8.42 Å². The van der Waals surface area contributed by atoms with Gasteiger partial charge in [-0.3, -0.25) is 10.5 Å². The maximum absolute atomic E-state index is 12.1. The molecule has 1 rings (SSSR count). The maximum Gasteiger partial charge on any atom is 0.246 e. The lowest BCUT2D eigenvalue weighted by Crippen LogP contribution is -2.43. The summed E-state index contributed by atoms with van der Waals surface area (Å²) in [6.45, 7) is 3.17. The monoisotopic (exact) mass is 245 g/mol. The number of hydrogen-bond acceptors (Lipinski definition) is 4. The molecule has 0 aliphatic rings. The van der Waals surface area contributed by atoms with Crippen molar-refractivity contribution in [3.63, 3.8) is 0 Å². The number of nitrogens with one attached hydrogen (secondary N) is 2. The topological polar surface area (TPSA) is 116 Å². The van der Waals surface area contributed by atoms with Crippen LogP contribution in [0.3, 0.4) is 0 Å². The Balaban J connectivity index is 3.13. The molecule has 0 fully saturated rings. The summed E-state index contributed by atoms with van der Waals surface area (Å²) < 4.78 is 25.2. The number of nitrogens with zero attached hydrogens (tertiary/aromatic N) is 2. The van der Waals surface area contributed by atoms with E-state index in [1.807, 2.05) is 0 Å². The number of H-pyrrole nitrogens is 1. The molecule has 4 N–H and O–H groups in total. The molecule has 90 valence electrons. The normalized spacial score (nSPS) is 14.0. The molecule has 0 radical (unpaired) electrons. The Bertz CT molecular complexity index is 492. The van der Waals surface area contributed by atoms with Crippen LogP contribution in [-0.2, 0) is 10.0 Å². The second-order valence-electron chi connectivity index (χ2n) is 3.51. The molecular formula is C8H15N5O2S. The Morgan fingerprint density at radius 2 is 2.25 bits per heavy atom. The lowest BCUT2D eigenvalue weighted by molar-refractivity contribution is 0.448. The van der Waals surface area contributed by atoms with Gasteiger partial charge in [0.2, 0.25) is 10.0 Å². The zero-order valence-corrected chi connectivity index (χ0v) is 10.2. The summed E-state index contributed by atoms with van der Waals surface area (Å²) in [5.41, 5.74) is 5.74. The Kier molecular flexibility index (Phi) is 3.34. The van der Waals surface area contributed by atoms with E-state index in [9.17, 15) is 8.42 Å². The highest BCUT2D eigenvalue weighted by Crippen LogP contribution is 2.17. The number of aryl methyl sites for hydroxylation is 1. The van der Waals surface area contributed by atoms with Crippen LogP contribution < -0.4 is 5.73 Å². The maximum atomic E-state index is 12.1. The van der Waals surface area contributed by atoms with Crippen LogP contribution in [0.2, 0.25) is 0 Å². The molecule has 0 amide bonds. The number of nitrogens with two attached hydrogens (primary N) is 1. The predicted molar refractivity (Wildman–Crippen MR) is 59.6 cm³/mol. The number of rotatable bonds is 4. The van der Waals surface area contributed by atoms with Crippen molar-refractivity contribution in [1.29, 1.82) is 5.41 Å². The van der Waals surface area contributed by atoms with Gasteiger partial charge in [0.05, 0.1) is 17.9 Å². The van der Waals surface area contributed by atoms with Gasteiger partial charge in [0.15, 0.2) is 0 Å². The molecule has 0 bridgehead atoms. The van der Waals surface area contributed by atoms with Gasteiger partial charge < -0.3 is 5.73 Å². The van der Waals surface area contributed by atoms with Crippen molar-refractivity contribution in [1.82, 2.24) is 14.5 Å². The molecule has 1 unspecified atom stereocenters. The van der Waals surface area contributed by atoms with Crippen molar-refractivity contribution >= 4 is 15.9 Å². The van der Waals surface area contributed by atoms with E-state index in [-0.39, 0.29) is 10.7 Å². The van der Waals surface area contributed by atoms with Gasteiger partial charge in [0.1, 0.15) is 10.7 Å². The Hall–Kier alpha value is -1.41. The van der Waals surface area contributed by atoms with Gasteiger partial charge in [-0.1, -0.05) is 0 Å². The number of aromatic amines is 1. The summed E-state index contributed by atoms with van der Waals surface area (Å²) in [7, 11) is -2.27. The summed E-state index contributed by atoms with van der Waals surface area (Å²) in [5.74, 6) is -0.202. The molecule has 1 heterocycles. The second kappa shape index (κ2) is 4.22. The lowest BCUT2D eigenvalue weighted by Gasteiger charge is -2.22. The fourth-order valence-electron chi connectivity index (χ4n) is 1.16. The van der Waals surface area contributed by atoms with Crippen LogP contribution >= 0.6 is 0 Å². The molecule has 1 aromatic heterocycles. The molecule has 8 heteroatoms. The zero-order valence-electron chi connectivity index (χ0n) is 9.35. The van der Waals surface area contributed by atoms with Crippen molar-refractivity contribution in [2.75, 3.05) is 7.05 Å². The number of likely N-dealkylation sites (N-methyl/N-ethyl adjacent to an activating group) is 1. The summed E-state index contributed by atoms with van der Waals surface area (Å²) in [6, 6.07) is -0.681. The van der Waals surface area contributed by atoms with Gasteiger partial charge in [-0.05, 0) is 13.8 Å². The van der Waals surface area contributed by atoms with E-state index in [0.29, 0.717) is 5.69 Å². The van der Waals surface area contributed by atoms with Gasteiger partial charge in [0, 0.05) is 7.05 Å². The summed E-state index contributed by atoms with van der Waals surface area (Å²) >= 11 is 0. The van der Waals surface area contributed by atoms with Crippen LogP contribution in [0, 0.1) is 12.3 Å². The quantitative estimate of drug-likeness (QED) is 0.497. The molecule has 0 aliphatic heterocycles. The smallest absolute Gasteiger partial charge is 0.246 e. The zero-order chi connectivity index (χ0) is 12.5. The van der Waals surface area contributed by atoms with E-state index in [1.165, 1.54) is 13.2 Å². The highest BCUT2D eigenvalue weighted by Gasteiger charge is 2.29.